The number of ketones is 1. The summed E-state index contributed by atoms with van der Waals surface area (Å²) in [5.74, 6) is 4.35. The van der Waals surface area contributed by atoms with Gasteiger partial charge < -0.3 is 9.42 Å². The van der Waals surface area contributed by atoms with Crippen LogP contribution in [0, 0.1) is 17.8 Å². The quantitative estimate of drug-likeness (QED) is 0.588. The first-order chi connectivity index (χ1) is 15.6. The molecule has 2 aromatic rings. The summed E-state index contributed by atoms with van der Waals surface area (Å²) in [7, 11) is 1.90. The summed E-state index contributed by atoms with van der Waals surface area (Å²) in [4.78, 5) is 15.1. The molecule has 6 heteroatoms. The van der Waals surface area contributed by atoms with Crippen molar-refractivity contribution in [1.29, 1.82) is 0 Å². The number of rotatable bonds is 9. The number of aromatic nitrogens is 3. The first kappa shape index (κ1) is 20.6. The topological polar surface area (TPSA) is 64.2 Å². The Kier molecular flexibility index (Phi) is 5.24. The second-order valence-electron chi connectivity index (χ2n) is 11.3. The third kappa shape index (κ3) is 4.18. The Bertz CT molecular complexity index is 968. The van der Waals surface area contributed by atoms with Crippen molar-refractivity contribution in [3.05, 3.63) is 35.5 Å². The summed E-state index contributed by atoms with van der Waals surface area (Å²) in [6, 6.07) is 4.23. The highest BCUT2D eigenvalue weighted by atomic mass is 16.5. The van der Waals surface area contributed by atoms with E-state index < -0.39 is 0 Å². The van der Waals surface area contributed by atoms with E-state index in [4.69, 9.17) is 4.52 Å². The van der Waals surface area contributed by atoms with Crippen molar-refractivity contribution >= 4 is 5.78 Å². The van der Waals surface area contributed by atoms with E-state index in [0.717, 1.165) is 29.7 Å². The van der Waals surface area contributed by atoms with Crippen LogP contribution < -0.4 is 0 Å². The molecule has 172 valence electrons. The summed E-state index contributed by atoms with van der Waals surface area (Å²) < 4.78 is 7.43. The van der Waals surface area contributed by atoms with Crippen molar-refractivity contribution in [3.8, 4) is 0 Å². The molecular weight excluding hydrogens is 400 g/mol. The summed E-state index contributed by atoms with van der Waals surface area (Å²) >= 11 is 0. The standard InChI is InChI=1S/C26H36N4O2/c1-29-10-9-22(27-29)13-23(31)12-19-4-2-18(3-5-19)8-11-30-16-21-15-26(21,17-30)25-14-24(32-28-25)20-6-7-20/h9-10,14,18-21H,2-8,11-13,15-17H2,1H3/t18?,19?,21-,26-/m0/s1. The summed E-state index contributed by atoms with van der Waals surface area (Å²) in [5, 5.41) is 8.83. The number of carbonyl (C=O) groups is 1. The summed E-state index contributed by atoms with van der Waals surface area (Å²) in [6.45, 7) is 3.63. The molecule has 6 nitrogen and oxygen atoms in total. The van der Waals surface area contributed by atoms with Gasteiger partial charge in [-0.3, -0.25) is 9.48 Å². The lowest BCUT2D eigenvalue weighted by molar-refractivity contribution is -0.119. The van der Waals surface area contributed by atoms with Crippen LogP contribution in [0.5, 0.6) is 0 Å². The number of carbonyl (C=O) groups excluding carboxylic acids is 1. The Labute approximate surface area is 190 Å². The number of hydrogen-bond acceptors (Lipinski definition) is 5. The first-order valence-corrected chi connectivity index (χ1v) is 12.8. The van der Waals surface area contributed by atoms with Crippen molar-refractivity contribution in [2.75, 3.05) is 19.6 Å². The molecule has 0 N–H and O–H groups in total. The number of nitrogens with zero attached hydrogens (tertiary/aromatic N) is 4. The molecule has 4 fully saturated rings. The average Bonchev–Trinajstić information content (AvgIpc) is 3.59. The van der Waals surface area contributed by atoms with E-state index in [0.29, 0.717) is 29.5 Å². The molecule has 32 heavy (non-hydrogen) atoms. The Morgan fingerprint density at radius 2 is 2.00 bits per heavy atom. The molecule has 3 saturated carbocycles. The fourth-order valence-electron chi connectivity index (χ4n) is 6.48. The van der Waals surface area contributed by atoms with E-state index in [9.17, 15) is 4.79 Å². The average molecular weight is 437 g/mol. The smallest absolute Gasteiger partial charge is 0.140 e. The van der Waals surface area contributed by atoms with E-state index in [-0.39, 0.29) is 0 Å². The Balaban J connectivity index is 0.921. The molecule has 1 saturated heterocycles. The summed E-state index contributed by atoms with van der Waals surface area (Å²) in [5.41, 5.74) is 2.45. The number of aryl methyl sites for hydroxylation is 1. The minimum Gasteiger partial charge on any atom is -0.361 e. The molecule has 3 aliphatic carbocycles. The molecular formula is C26H36N4O2. The Morgan fingerprint density at radius 3 is 2.75 bits per heavy atom. The fourth-order valence-corrected chi connectivity index (χ4v) is 6.48. The fraction of sp³-hybridized carbons (Fsp3) is 0.731. The van der Waals surface area contributed by atoms with E-state index in [1.165, 1.54) is 76.7 Å². The molecule has 0 aromatic carbocycles. The van der Waals surface area contributed by atoms with Crippen LogP contribution in [0.3, 0.4) is 0 Å². The molecule has 0 amide bonds. The zero-order valence-electron chi connectivity index (χ0n) is 19.3. The third-order valence-corrected chi connectivity index (χ3v) is 8.72. The van der Waals surface area contributed by atoms with Crippen LogP contribution in [-0.4, -0.2) is 45.3 Å². The second-order valence-corrected chi connectivity index (χ2v) is 11.3. The highest BCUT2D eigenvalue weighted by molar-refractivity contribution is 5.80. The van der Waals surface area contributed by atoms with Gasteiger partial charge in [-0.05, 0) is 68.9 Å². The molecule has 1 aliphatic heterocycles. The maximum atomic E-state index is 12.4. The van der Waals surface area contributed by atoms with Gasteiger partial charge in [-0.15, -0.1) is 0 Å². The lowest BCUT2D eigenvalue weighted by Crippen LogP contribution is -2.29. The van der Waals surface area contributed by atoms with Gasteiger partial charge in [0.05, 0.1) is 17.8 Å². The van der Waals surface area contributed by atoms with Crippen molar-refractivity contribution in [3.63, 3.8) is 0 Å². The summed E-state index contributed by atoms with van der Waals surface area (Å²) in [6.07, 6.45) is 13.3. The number of hydrogen-bond donors (Lipinski definition) is 0. The highest BCUT2D eigenvalue weighted by Crippen LogP contribution is 2.59. The minimum atomic E-state index is 0.308. The lowest BCUT2D eigenvalue weighted by atomic mass is 9.78. The molecule has 4 aliphatic rings. The van der Waals surface area contributed by atoms with Crippen molar-refractivity contribution < 1.29 is 9.32 Å². The number of Topliss-reactive ketones (excluding diaryl/α,β-unsaturated/α-hetero) is 1. The van der Waals surface area contributed by atoms with Gasteiger partial charge in [-0.25, -0.2) is 0 Å². The van der Waals surface area contributed by atoms with Gasteiger partial charge in [-0.1, -0.05) is 18.0 Å². The van der Waals surface area contributed by atoms with E-state index >= 15 is 0 Å². The van der Waals surface area contributed by atoms with Gasteiger partial charge in [0.1, 0.15) is 11.5 Å². The highest BCUT2D eigenvalue weighted by Gasteiger charge is 2.62. The molecule has 2 aromatic heterocycles. The van der Waals surface area contributed by atoms with Gasteiger partial charge in [0, 0.05) is 50.2 Å². The monoisotopic (exact) mass is 436 g/mol. The van der Waals surface area contributed by atoms with Gasteiger partial charge in [0.15, 0.2) is 0 Å². The predicted molar refractivity (Wildman–Crippen MR) is 121 cm³/mol. The molecule has 0 unspecified atom stereocenters. The lowest BCUT2D eigenvalue weighted by Gasteiger charge is -2.30. The predicted octanol–water partition coefficient (Wildman–Crippen LogP) is 4.26. The van der Waals surface area contributed by atoms with Crippen LogP contribution in [0.4, 0.5) is 0 Å². The zero-order valence-corrected chi connectivity index (χ0v) is 19.3. The third-order valence-electron chi connectivity index (χ3n) is 8.72. The molecule has 0 bridgehead atoms. The van der Waals surface area contributed by atoms with Crippen LogP contribution in [-0.2, 0) is 23.7 Å². The van der Waals surface area contributed by atoms with Crippen LogP contribution >= 0.6 is 0 Å². The maximum absolute atomic E-state index is 12.4. The van der Waals surface area contributed by atoms with Crippen molar-refractivity contribution in [1.82, 2.24) is 19.8 Å². The van der Waals surface area contributed by atoms with Crippen LogP contribution in [0.25, 0.3) is 0 Å². The van der Waals surface area contributed by atoms with Gasteiger partial charge >= 0.3 is 0 Å². The molecule has 0 radical (unpaired) electrons. The van der Waals surface area contributed by atoms with Crippen LogP contribution in [0.15, 0.2) is 22.9 Å². The number of likely N-dealkylation sites (tertiary alicyclic amines) is 1. The van der Waals surface area contributed by atoms with Crippen molar-refractivity contribution in [2.45, 2.75) is 75.5 Å². The largest absolute Gasteiger partial charge is 0.361 e. The number of piperidine rings is 1. The normalized spacial score (nSPS) is 32.2. The van der Waals surface area contributed by atoms with Crippen molar-refractivity contribution in [2.24, 2.45) is 24.8 Å². The van der Waals surface area contributed by atoms with E-state index in [2.05, 4.69) is 21.2 Å². The molecule has 2 atom stereocenters. The number of fused-ring (bicyclic) bond motifs is 1. The molecule has 3 heterocycles. The van der Waals surface area contributed by atoms with Gasteiger partial charge in [-0.2, -0.15) is 5.10 Å². The Morgan fingerprint density at radius 1 is 1.19 bits per heavy atom. The SMILES string of the molecule is Cn1ccc(CC(=O)CC2CCC(CCN3C[C@@H]4C[C@]4(c4cc(C5CC5)on4)C3)CC2)n1. The zero-order chi connectivity index (χ0) is 21.7. The van der Waals surface area contributed by atoms with Crippen LogP contribution in [0.2, 0.25) is 0 Å². The first-order valence-electron chi connectivity index (χ1n) is 12.8. The Hall–Kier alpha value is -1.95. The van der Waals surface area contributed by atoms with Crippen LogP contribution in [0.1, 0.15) is 80.9 Å². The van der Waals surface area contributed by atoms with Gasteiger partial charge in [0.25, 0.3) is 0 Å². The molecule has 0 spiro atoms. The van der Waals surface area contributed by atoms with E-state index in [1.54, 1.807) is 4.68 Å². The van der Waals surface area contributed by atoms with E-state index in [1.807, 2.05) is 19.3 Å². The second kappa shape index (κ2) is 8.12. The van der Waals surface area contributed by atoms with Gasteiger partial charge in [0.2, 0.25) is 0 Å². The minimum absolute atomic E-state index is 0.308. The molecule has 6 rings (SSSR count). The maximum Gasteiger partial charge on any atom is 0.140 e.